The van der Waals surface area contributed by atoms with Gasteiger partial charge in [0, 0.05) is 5.46 Å². The molecule has 0 heterocycles. The number of hydrogen-bond donors (Lipinski definition) is 2. The van der Waals surface area contributed by atoms with Crippen molar-refractivity contribution < 1.29 is 19.5 Å². The number of ether oxygens (including phenoxy) is 1. The molecule has 1 aliphatic rings. The van der Waals surface area contributed by atoms with E-state index in [1.165, 1.54) is 12.8 Å². The standard InChI is InChI=1S/C16H25BO4/c1-15(2,18)16(3,4)21-17(19)13-7-5-6-8-14(13)20-11-12-9-10-12/h5-8,12,18-19H,9-11H2,1-4H3. The van der Waals surface area contributed by atoms with E-state index < -0.39 is 18.3 Å². The maximum Gasteiger partial charge on any atom is 0.495 e. The molecule has 2 rings (SSSR count). The molecule has 116 valence electrons. The second kappa shape index (κ2) is 5.99. The number of para-hydroxylation sites is 1. The summed E-state index contributed by atoms with van der Waals surface area (Å²) in [5.74, 6) is 1.28. The Bertz CT molecular complexity index is 477. The molecule has 21 heavy (non-hydrogen) atoms. The summed E-state index contributed by atoms with van der Waals surface area (Å²) in [5.41, 5.74) is -1.37. The largest absolute Gasteiger partial charge is 0.495 e. The third-order valence-corrected chi connectivity index (χ3v) is 4.24. The van der Waals surface area contributed by atoms with Crippen LogP contribution in [0, 0.1) is 5.92 Å². The second-order valence-electron chi connectivity index (χ2n) is 6.83. The molecule has 0 amide bonds. The maximum atomic E-state index is 10.4. The lowest BCUT2D eigenvalue weighted by molar-refractivity contribution is -0.0983. The van der Waals surface area contributed by atoms with Gasteiger partial charge in [-0.15, -0.1) is 0 Å². The fraction of sp³-hybridized carbons (Fsp3) is 0.625. The van der Waals surface area contributed by atoms with Crippen LogP contribution in [0.4, 0.5) is 0 Å². The average molecular weight is 292 g/mol. The van der Waals surface area contributed by atoms with Crippen molar-refractivity contribution in [2.24, 2.45) is 5.92 Å². The van der Waals surface area contributed by atoms with Crippen LogP contribution >= 0.6 is 0 Å². The van der Waals surface area contributed by atoms with Crippen LogP contribution in [0.15, 0.2) is 24.3 Å². The highest BCUT2D eigenvalue weighted by atomic mass is 16.6. The second-order valence-corrected chi connectivity index (χ2v) is 6.83. The maximum absolute atomic E-state index is 10.4. The van der Waals surface area contributed by atoms with E-state index in [2.05, 4.69) is 0 Å². The van der Waals surface area contributed by atoms with Gasteiger partial charge in [-0.3, -0.25) is 0 Å². The zero-order valence-corrected chi connectivity index (χ0v) is 13.3. The van der Waals surface area contributed by atoms with Crippen molar-refractivity contribution in [3.05, 3.63) is 24.3 Å². The minimum Gasteiger partial charge on any atom is -0.494 e. The van der Waals surface area contributed by atoms with Crippen molar-refractivity contribution in [2.75, 3.05) is 6.61 Å². The molecule has 0 radical (unpaired) electrons. The number of rotatable bonds is 7. The molecule has 4 nitrogen and oxygen atoms in total. The summed E-state index contributed by atoms with van der Waals surface area (Å²) < 4.78 is 11.5. The van der Waals surface area contributed by atoms with Crippen molar-refractivity contribution in [3.63, 3.8) is 0 Å². The van der Waals surface area contributed by atoms with Crippen molar-refractivity contribution >= 4 is 12.6 Å². The minimum absolute atomic E-state index is 0.593. The molecule has 5 heteroatoms. The molecule has 0 aromatic heterocycles. The molecule has 0 saturated heterocycles. The highest BCUT2D eigenvalue weighted by molar-refractivity contribution is 6.61. The summed E-state index contributed by atoms with van der Waals surface area (Å²) in [4.78, 5) is 0. The molecule has 1 aromatic rings. The van der Waals surface area contributed by atoms with Gasteiger partial charge in [0.1, 0.15) is 5.75 Å². The summed E-state index contributed by atoms with van der Waals surface area (Å²) in [6, 6.07) is 7.33. The minimum atomic E-state index is -1.14. The average Bonchev–Trinajstić information content (AvgIpc) is 3.18. The topological polar surface area (TPSA) is 58.9 Å². The molecule has 0 atom stereocenters. The van der Waals surface area contributed by atoms with E-state index in [-0.39, 0.29) is 0 Å². The van der Waals surface area contributed by atoms with E-state index in [0.717, 1.165) is 0 Å². The zero-order valence-electron chi connectivity index (χ0n) is 13.3. The van der Waals surface area contributed by atoms with Crippen LogP contribution in [0.5, 0.6) is 5.75 Å². The van der Waals surface area contributed by atoms with E-state index in [1.54, 1.807) is 33.8 Å². The van der Waals surface area contributed by atoms with Crippen molar-refractivity contribution in [1.29, 1.82) is 0 Å². The third kappa shape index (κ3) is 4.22. The normalized spacial score (nSPS) is 15.9. The van der Waals surface area contributed by atoms with Gasteiger partial charge >= 0.3 is 7.12 Å². The molecule has 2 N–H and O–H groups in total. The first-order valence-corrected chi connectivity index (χ1v) is 7.51. The molecule has 0 unspecified atom stereocenters. The Morgan fingerprint density at radius 1 is 1.19 bits per heavy atom. The van der Waals surface area contributed by atoms with Gasteiger partial charge < -0.3 is 19.5 Å². The van der Waals surface area contributed by atoms with Crippen LogP contribution in [0.1, 0.15) is 40.5 Å². The fourth-order valence-electron chi connectivity index (χ4n) is 1.79. The molecule has 1 fully saturated rings. The van der Waals surface area contributed by atoms with E-state index in [1.807, 2.05) is 18.2 Å². The van der Waals surface area contributed by atoms with Gasteiger partial charge in [-0.05, 0) is 52.5 Å². The van der Waals surface area contributed by atoms with Crippen molar-refractivity contribution in [2.45, 2.75) is 51.7 Å². The highest BCUT2D eigenvalue weighted by Gasteiger charge is 2.40. The van der Waals surface area contributed by atoms with Gasteiger partial charge in [0.25, 0.3) is 0 Å². The number of benzene rings is 1. The summed E-state index contributed by atoms with van der Waals surface area (Å²) in [5, 5.41) is 20.5. The van der Waals surface area contributed by atoms with Crippen molar-refractivity contribution in [1.82, 2.24) is 0 Å². The predicted molar refractivity (Wildman–Crippen MR) is 83.7 cm³/mol. The zero-order chi connectivity index (χ0) is 15.7. The smallest absolute Gasteiger partial charge is 0.494 e. The summed E-state index contributed by atoms with van der Waals surface area (Å²) in [6.07, 6.45) is 2.43. The van der Waals surface area contributed by atoms with Crippen LogP contribution in [-0.4, -0.2) is 35.1 Å². The van der Waals surface area contributed by atoms with Crippen LogP contribution in [0.3, 0.4) is 0 Å². The fourth-order valence-corrected chi connectivity index (χ4v) is 1.79. The van der Waals surface area contributed by atoms with Gasteiger partial charge in [0.05, 0.1) is 17.8 Å². The number of hydrogen-bond acceptors (Lipinski definition) is 4. The molecule has 0 aliphatic heterocycles. The van der Waals surface area contributed by atoms with Crippen LogP contribution < -0.4 is 10.2 Å². The predicted octanol–water partition coefficient (Wildman–Crippen LogP) is 1.73. The number of aliphatic hydroxyl groups is 1. The quantitative estimate of drug-likeness (QED) is 0.751. The first kappa shape index (κ1) is 16.3. The lowest BCUT2D eigenvalue weighted by atomic mass is 9.76. The van der Waals surface area contributed by atoms with Crippen LogP contribution in [0.2, 0.25) is 0 Å². The Kier molecular flexibility index (Phi) is 4.66. The monoisotopic (exact) mass is 292 g/mol. The van der Waals surface area contributed by atoms with Crippen LogP contribution in [-0.2, 0) is 4.65 Å². The van der Waals surface area contributed by atoms with Gasteiger partial charge in [-0.1, -0.05) is 18.2 Å². The van der Waals surface area contributed by atoms with Crippen LogP contribution in [0.25, 0.3) is 0 Å². The Morgan fingerprint density at radius 3 is 2.38 bits per heavy atom. The van der Waals surface area contributed by atoms with Gasteiger partial charge in [0.15, 0.2) is 0 Å². The van der Waals surface area contributed by atoms with Gasteiger partial charge in [0.2, 0.25) is 0 Å². The summed E-state index contributed by atoms with van der Waals surface area (Å²) in [7, 11) is -1.14. The Labute approximate surface area is 127 Å². The first-order valence-electron chi connectivity index (χ1n) is 7.51. The lowest BCUT2D eigenvalue weighted by Gasteiger charge is -2.38. The van der Waals surface area contributed by atoms with E-state index >= 15 is 0 Å². The SMILES string of the molecule is CC(C)(O)C(C)(C)OB(O)c1ccccc1OCC1CC1. The Hall–Kier alpha value is -1.04. The van der Waals surface area contributed by atoms with E-state index in [9.17, 15) is 10.1 Å². The first-order chi connectivity index (χ1) is 9.71. The molecular formula is C16H25BO4. The van der Waals surface area contributed by atoms with Gasteiger partial charge in [-0.2, -0.15) is 0 Å². The molecule has 1 aliphatic carbocycles. The Balaban J connectivity index is 2.09. The molecule has 1 aromatic carbocycles. The summed E-state index contributed by atoms with van der Waals surface area (Å²) >= 11 is 0. The Morgan fingerprint density at radius 2 is 1.81 bits per heavy atom. The van der Waals surface area contributed by atoms with Crippen molar-refractivity contribution in [3.8, 4) is 5.75 Å². The lowest BCUT2D eigenvalue weighted by Crippen LogP contribution is -2.53. The van der Waals surface area contributed by atoms with Gasteiger partial charge in [-0.25, -0.2) is 0 Å². The highest BCUT2D eigenvalue weighted by Crippen LogP contribution is 2.29. The summed E-state index contributed by atoms with van der Waals surface area (Å²) in [6.45, 7) is 7.51. The third-order valence-electron chi connectivity index (χ3n) is 4.24. The molecule has 0 bridgehead atoms. The molecule has 0 spiro atoms. The van der Waals surface area contributed by atoms with E-state index in [0.29, 0.717) is 23.7 Å². The molecule has 1 saturated carbocycles. The molecular weight excluding hydrogens is 267 g/mol. The van der Waals surface area contributed by atoms with E-state index in [4.69, 9.17) is 9.39 Å².